The highest BCUT2D eigenvalue weighted by atomic mass is 32.1. The largest absolute Gasteiger partial charge is 0.497 e. The van der Waals surface area contributed by atoms with Crippen LogP contribution in [-0.2, 0) is 20.8 Å². The molecule has 1 unspecified atom stereocenters. The minimum atomic E-state index is -0.348. The molecule has 5 rings (SSSR count). The minimum absolute atomic E-state index is 0.000818. The van der Waals surface area contributed by atoms with Gasteiger partial charge in [-0.05, 0) is 49.6 Å². The number of carbonyl (C=O) groups excluding carboxylic acids is 3. The van der Waals surface area contributed by atoms with Gasteiger partial charge >= 0.3 is 0 Å². The van der Waals surface area contributed by atoms with Crippen LogP contribution in [0.1, 0.15) is 35.4 Å². The van der Waals surface area contributed by atoms with Crippen LogP contribution in [0.5, 0.6) is 5.75 Å². The Balaban J connectivity index is 1.10. The van der Waals surface area contributed by atoms with E-state index in [4.69, 9.17) is 4.74 Å². The molecule has 9 nitrogen and oxygen atoms in total. The van der Waals surface area contributed by atoms with Crippen molar-refractivity contribution in [2.75, 3.05) is 37.0 Å². The molecule has 0 radical (unpaired) electrons. The SMILES string of the molecule is COc1ccc(Cc2nnc(NC(=O)C3CCN(C(=O)C4CC(=O)N(c5ccc(C)cc5)C4)CC3)s2)cc1. The van der Waals surface area contributed by atoms with Crippen LogP contribution in [0.4, 0.5) is 10.8 Å². The Hall–Kier alpha value is -3.79. The number of methoxy groups -OCH3 is 1. The van der Waals surface area contributed by atoms with Crippen molar-refractivity contribution < 1.29 is 19.1 Å². The molecule has 3 amide bonds. The molecular weight excluding hydrogens is 502 g/mol. The third kappa shape index (κ3) is 5.85. The lowest BCUT2D eigenvalue weighted by Crippen LogP contribution is -2.44. The van der Waals surface area contributed by atoms with Crippen LogP contribution >= 0.6 is 11.3 Å². The Morgan fingerprint density at radius 2 is 1.74 bits per heavy atom. The van der Waals surface area contributed by atoms with Crippen LogP contribution in [0.3, 0.4) is 0 Å². The maximum absolute atomic E-state index is 13.2. The number of carbonyl (C=O) groups is 3. The first kappa shape index (κ1) is 25.8. The lowest BCUT2D eigenvalue weighted by molar-refractivity contribution is -0.138. The van der Waals surface area contributed by atoms with Crippen molar-refractivity contribution in [3.8, 4) is 5.75 Å². The van der Waals surface area contributed by atoms with E-state index in [1.54, 1.807) is 16.9 Å². The Bertz CT molecular complexity index is 1300. The summed E-state index contributed by atoms with van der Waals surface area (Å²) in [6, 6.07) is 15.5. The Kier molecular flexibility index (Phi) is 7.69. The Labute approximate surface area is 225 Å². The monoisotopic (exact) mass is 533 g/mol. The lowest BCUT2D eigenvalue weighted by atomic mass is 9.94. The molecule has 1 aromatic heterocycles. The smallest absolute Gasteiger partial charge is 0.229 e. The molecule has 0 spiro atoms. The normalized spacial score (nSPS) is 18.1. The van der Waals surface area contributed by atoms with Gasteiger partial charge in [0.25, 0.3) is 0 Å². The van der Waals surface area contributed by atoms with Crippen molar-refractivity contribution in [3.63, 3.8) is 0 Å². The van der Waals surface area contributed by atoms with Gasteiger partial charge in [-0.15, -0.1) is 10.2 Å². The van der Waals surface area contributed by atoms with E-state index >= 15 is 0 Å². The number of anilines is 2. The van der Waals surface area contributed by atoms with Gasteiger partial charge in [0.2, 0.25) is 22.9 Å². The molecule has 38 heavy (non-hydrogen) atoms. The molecule has 0 bridgehead atoms. The molecule has 0 saturated carbocycles. The summed E-state index contributed by atoms with van der Waals surface area (Å²) in [5.41, 5.74) is 3.04. The van der Waals surface area contributed by atoms with Gasteiger partial charge in [0.05, 0.1) is 13.0 Å². The number of piperidine rings is 1. The summed E-state index contributed by atoms with van der Waals surface area (Å²) in [6.07, 6.45) is 2.01. The summed E-state index contributed by atoms with van der Waals surface area (Å²) >= 11 is 1.36. The standard InChI is InChI=1S/C28H31N5O4S/c1-18-3-7-22(8-4-18)33-17-21(16-25(33)34)27(36)32-13-11-20(12-14-32)26(35)29-28-31-30-24(38-28)15-19-5-9-23(37-2)10-6-19/h3-10,20-21H,11-17H2,1-2H3,(H,29,31,35). The van der Waals surface area contributed by atoms with Crippen molar-refractivity contribution in [2.45, 2.75) is 32.6 Å². The van der Waals surface area contributed by atoms with Crippen LogP contribution < -0.4 is 15.0 Å². The number of hydrogen-bond donors (Lipinski definition) is 1. The van der Waals surface area contributed by atoms with Crippen LogP contribution in [0, 0.1) is 18.8 Å². The zero-order valence-electron chi connectivity index (χ0n) is 21.6. The summed E-state index contributed by atoms with van der Waals surface area (Å²) < 4.78 is 5.19. The summed E-state index contributed by atoms with van der Waals surface area (Å²) in [5, 5.41) is 12.5. The Morgan fingerprint density at radius 3 is 2.42 bits per heavy atom. The van der Waals surface area contributed by atoms with Gasteiger partial charge < -0.3 is 19.9 Å². The van der Waals surface area contributed by atoms with E-state index in [0.717, 1.165) is 27.6 Å². The average molecular weight is 534 g/mol. The number of ether oxygens (including phenoxy) is 1. The minimum Gasteiger partial charge on any atom is -0.497 e. The van der Waals surface area contributed by atoms with Crippen molar-refractivity contribution in [1.29, 1.82) is 0 Å². The van der Waals surface area contributed by atoms with Crippen LogP contribution in [-0.4, -0.2) is 59.6 Å². The number of benzene rings is 2. The maximum atomic E-state index is 13.2. The molecule has 3 aromatic rings. The first-order valence-corrected chi connectivity index (χ1v) is 13.6. The second kappa shape index (κ2) is 11.3. The third-order valence-electron chi connectivity index (χ3n) is 7.21. The molecule has 1 N–H and O–H groups in total. The summed E-state index contributed by atoms with van der Waals surface area (Å²) in [5.74, 6) is 0.143. The molecule has 2 saturated heterocycles. The van der Waals surface area contributed by atoms with Crippen molar-refractivity contribution in [1.82, 2.24) is 15.1 Å². The predicted molar refractivity (Wildman–Crippen MR) is 145 cm³/mol. The van der Waals surface area contributed by atoms with Gasteiger partial charge in [0, 0.05) is 44.1 Å². The fourth-order valence-electron chi connectivity index (χ4n) is 4.97. The van der Waals surface area contributed by atoms with E-state index in [-0.39, 0.29) is 36.0 Å². The van der Waals surface area contributed by atoms with Gasteiger partial charge in [-0.3, -0.25) is 14.4 Å². The number of aryl methyl sites for hydroxylation is 1. The highest BCUT2D eigenvalue weighted by molar-refractivity contribution is 7.15. The average Bonchev–Trinajstić information content (AvgIpc) is 3.55. The number of nitrogens with zero attached hydrogens (tertiary/aromatic N) is 4. The van der Waals surface area contributed by atoms with Gasteiger partial charge in [0.15, 0.2) is 0 Å². The zero-order valence-corrected chi connectivity index (χ0v) is 22.4. The Morgan fingerprint density at radius 1 is 1.03 bits per heavy atom. The van der Waals surface area contributed by atoms with Crippen molar-refractivity contribution in [2.24, 2.45) is 11.8 Å². The molecule has 10 heteroatoms. The number of likely N-dealkylation sites (tertiary alicyclic amines) is 1. The quantitative estimate of drug-likeness (QED) is 0.497. The van der Waals surface area contributed by atoms with Crippen LogP contribution in [0.25, 0.3) is 0 Å². The molecule has 1 atom stereocenters. The molecular formula is C28H31N5O4S. The number of aromatic nitrogens is 2. The second-order valence-electron chi connectivity index (χ2n) is 9.86. The van der Waals surface area contributed by atoms with E-state index in [2.05, 4.69) is 15.5 Å². The summed E-state index contributed by atoms with van der Waals surface area (Å²) in [7, 11) is 1.63. The number of nitrogens with one attached hydrogen (secondary N) is 1. The topological polar surface area (TPSA) is 105 Å². The highest BCUT2D eigenvalue weighted by Gasteiger charge is 2.38. The number of rotatable bonds is 7. The van der Waals surface area contributed by atoms with Crippen LogP contribution in [0.2, 0.25) is 0 Å². The zero-order chi connectivity index (χ0) is 26.6. The summed E-state index contributed by atoms with van der Waals surface area (Å²) in [4.78, 5) is 42.1. The van der Waals surface area contributed by atoms with Crippen molar-refractivity contribution >= 4 is 39.9 Å². The van der Waals surface area contributed by atoms with Gasteiger partial charge in [-0.25, -0.2) is 0 Å². The summed E-state index contributed by atoms with van der Waals surface area (Å²) in [6.45, 7) is 3.41. The van der Waals surface area contributed by atoms with Crippen LogP contribution in [0.15, 0.2) is 48.5 Å². The number of hydrogen-bond acceptors (Lipinski definition) is 7. The van der Waals surface area contributed by atoms with Gasteiger partial charge in [-0.2, -0.15) is 0 Å². The molecule has 0 aliphatic carbocycles. The lowest BCUT2D eigenvalue weighted by Gasteiger charge is -2.32. The maximum Gasteiger partial charge on any atom is 0.229 e. The van der Waals surface area contributed by atoms with E-state index in [0.29, 0.717) is 44.0 Å². The number of amides is 3. The molecule has 3 heterocycles. The van der Waals surface area contributed by atoms with Gasteiger partial charge in [0.1, 0.15) is 10.8 Å². The van der Waals surface area contributed by atoms with E-state index in [1.165, 1.54) is 11.3 Å². The molecule has 2 aromatic carbocycles. The molecule has 2 aliphatic rings. The highest BCUT2D eigenvalue weighted by Crippen LogP contribution is 2.29. The predicted octanol–water partition coefficient (Wildman–Crippen LogP) is 3.68. The van der Waals surface area contributed by atoms with Gasteiger partial charge in [-0.1, -0.05) is 41.2 Å². The second-order valence-corrected chi connectivity index (χ2v) is 10.9. The molecule has 198 valence electrons. The first-order valence-electron chi connectivity index (χ1n) is 12.8. The van der Waals surface area contributed by atoms with Crippen molar-refractivity contribution in [3.05, 3.63) is 64.7 Å². The molecule has 2 aliphatic heterocycles. The third-order valence-corrected chi connectivity index (χ3v) is 8.05. The van der Waals surface area contributed by atoms with E-state index in [1.807, 2.05) is 55.5 Å². The van der Waals surface area contributed by atoms with E-state index in [9.17, 15) is 14.4 Å². The molecule has 2 fully saturated rings. The fourth-order valence-corrected chi connectivity index (χ4v) is 5.75. The fraction of sp³-hybridized carbons (Fsp3) is 0.393. The first-order chi connectivity index (χ1) is 18.4. The van der Waals surface area contributed by atoms with E-state index < -0.39 is 0 Å².